The molecule has 0 aliphatic heterocycles. The summed E-state index contributed by atoms with van der Waals surface area (Å²) in [6, 6.07) is 6.10. The Bertz CT molecular complexity index is 572. The molecule has 0 saturated heterocycles. The number of carbonyl (C=O) groups excluding carboxylic acids is 1. The smallest absolute Gasteiger partial charge is 0.320 e. The first kappa shape index (κ1) is 14.1. The maximum Gasteiger partial charge on any atom is 0.320 e. The van der Waals surface area contributed by atoms with Crippen LogP contribution in [0.4, 0.5) is 10.6 Å². The number of thiophene rings is 1. The van der Waals surface area contributed by atoms with Crippen molar-refractivity contribution in [1.82, 2.24) is 15.1 Å². The summed E-state index contributed by atoms with van der Waals surface area (Å²) in [7, 11) is 0. The zero-order chi connectivity index (χ0) is 14.5. The number of amides is 2. The van der Waals surface area contributed by atoms with Crippen molar-refractivity contribution in [3.63, 3.8) is 0 Å². The highest BCUT2D eigenvalue weighted by molar-refractivity contribution is 7.09. The molecule has 2 amide bonds. The molecule has 21 heavy (non-hydrogen) atoms. The summed E-state index contributed by atoms with van der Waals surface area (Å²) in [6.07, 6.45) is 7.59. The third-order valence-electron chi connectivity index (χ3n) is 3.78. The average Bonchev–Trinajstić information content (AvgIpc) is 3.13. The summed E-state index contributed by atoms with van der Waals surface area (Å²) in [5.74, 6) is 0.733. The molecule has 2 N–H and O–H groups in total. The number of carbonyl (C=O) groups is 1. The van der Waals surface area contributed by atoms with Crippen LogP contribution in [0.1, 0.15) is 37.0 Å². The van der Waals surface area contributed by atoms with E-state index in [-0.39, 0.29) is 6.03 Å². The molecule has 0 radical (unpaired) electrons. The largest absolute Gasteiger partial charge is 0.335 e. The van der Waals surface area contributed by atoms with Crippen molar-refractivity contribution in [3.05, 3.63) is 34.7 Å². The predicted octanol–water partition coefficient (Wildman–Crippen LogP) is 3.45. The molecular weight excluding hydrogens is 284 g/mol. The number of nitrogens with zero attached hydrogens (tertiary/aromatic N) is 2. The van der Waals surface area contributed by atoms with Gasteiger partial charge in [-0.25, -0.2) is 9.48 Å². The lowest BCUT2D eigenvalue weighted by Gasteiger charge is -2.22. The molecular formula is C15H20N4OS. The van der Waals surface area contributed by atoms with Crippen LogP contribution in [-0.4, -0.2) is 21.9 Å². The van der Waals surface area contributed by atoms with Crippen LogP contribution in [0.5, 0.6) is 0 Å². The van der Waals surface area contributed by atoms with Gasteiger partial charge < -0.3 is 5.32 Å². The molecule has 2 aromatic heterocycles. The zero-order valence-corrected chi connectivity index (χ0v) is 12.7. The van der Waals surface area contributed by atoms with E-state index < -0.39 is 0 Å². The maximum atomic E-state index is 12.1. The van der Waals surface area contributed by atoms with Crippen LogP contribution in [0.2, 0.25) is 0 Å². The number of urea groups is 1. The average molecular weight is 304 g/mol. The lowest BCUT2D eigenvalue weighted by molar-refractivity contribution is 0.244. The van der Waals surface area contributed by atoms with Crippen LogP contribution < -0.4 is 10.6 Å². The van der Waals surface area contributed by atoms with Crippen molar-refractivity contribution in [2.45, 2.75) is 44.7 Å². The molecule has 6 heteroatoms. The van der Waals surface area contributed by atoms with Crippen molar-refractivity contribution in [2.24, 2.45) is 0 Å². The Hall–Kier alpha value is -1.82. The van der Waals surface area contributed by atoms with Crippen LogP contribution in [-0.2, 0) is 6.54 Å². The lowest BCUT2D eigenvalue weighted by atomic mass is 9.96. The number of aromatic nitrogens is 2. The molecule has 1 fully saturated rings. The monoisotopic (exact) mass is 304 g/mol. The van der Waals surface area contributed by atoms with E-state index in [1.54, 1.807) is 17.5 Å². The second kappa shape index (κ2) is 6.76. The van der Waals surface area contributed by atoms with E-state index in [4.69, 9.17) is 0 Å². The number of hydrogen-bond acceptors (Lipinski definition) is 3. The van der Waals surface area contributed by atoms with Crippen molar-refractivity contribution < 1.29 is 4.79 Å². The highest BCUT2D eigenvalue weighted by Gasteiger charge is 2.16. The topological polar surface area (TPSA) is 59.0 Å². The van der Waals surface area contributed by atoms with Crippen molar-refractivity contribution >= 4 is 23.2 Å². The second-order valence-electron chi connectivity index (χ2n) is 5.39. The highest BCUT2D eigenvalue weighted by atomic mass is 32.1. The molecule has 1 saturated carbocycles. The van der Waals surface area contributed by atoms with Crippen LogP contribution in [0.25, 0.3) is 0 Å². The van der Waals surface area contributed by atoms with Crippen LogP contribution in [0.15, 0.2) is 29.8 Å². The third-order valence-corrected chi connectivity index (χ3v) is 4.65. The summed E-state index contributed by atoms with van der Waals surface area (Å²) < 4.78 is 1.81. The van der Waals surface area contributed by atoms with Gasteiger partial charge in [-0.15, -0.1) is 11.3 Å². The van der Waals surface area contributed by atoms with E-state index in [1.165, 1.54) is 24.1 Å². The van der Waals surface area contributed by atoms with Crippen molar-refractivity contribution in [2.75, 3.05) is 5.32 Å². The molecule has 1 aliphatic rings. The highest BCUT2D eigenvalue weighted by Crippen LogP contribution is 2.18. The Morgan fingerprint density at radius 1 is 1.33 bits per heavy atom. The standard InChI is InChI=1S/C15H20N4OS/c20-15(17-12-5-2-1-3-6-12)18-14-8-9-16-19(14)11-13-7-4-10-21-13/h4,7-10,12H,1-3,5-6,11H2,(H2,17,18,20). The van der Waals surface area contributed by atoms with Gasteiger partial charge in [0.05, 0.1) is 12.7 Å². The van der Waals surface area contributed by atoms with E-state index in [0.717, 1.165) is 18.7 Å². The first-order valence-corrected chi connectivity index (χ1v) is 8.31. The van der Waals surface area contributed by atoms with E-state index in [9.17, 15) is 4.79 Å². The summed E-state index contributed by atoms with van der Waals surface area (Å²) >= 11 is 1.69. The Labute approximate surface area is 128 Å². The minimum absolute atomic E-state index is 0.130. The Balaban J connectivity index is 1.57. The number of rotatable bonds is 4. The van der Waals surface area contributed by atoms with E-state index in [2.05, 4.69) is 21.8 Å². The van der Waals surface area contributed by atoms with Gasteiger partial charge in [0.1, 0.15) is 5.82 Å². The van der Waals surface area contributed by atoms with Crippen molar-refractivity contribution in [3.8, 4) is 0 Å². The third kappa shape index (κ3) is 3.85. The van der Waals surface area contributed by atoms with E-state index in [1.807, 2.05) is 22.2 Å². The van der Waals surface area contributed by atoms with Gasteiger partial charge in [-0.2, -0.15) is 5.10 Å². The Kier molecular flexibility index (Phi) is 4.55. The van der Waals surface area contributed by atoms with E-state index >= 15 is 0 Å². The summed E-state index contributed by atoms with van der Waals surface area (Å²) in [5, 5.41) is 12.3. The SMILES string of the molecule is O=C(Nc1ccnn1Cc1cccs1)NC1CCCCC1. The second-order valence-corrected chi connectivity index (χ2v) is 6.42. The van der Waals surface area contributed by atoms with Gasteiger partial charge >= 0.3 is 6.03 Å². The zero-order valence-electron chi connectivity index (χ0n) is 11.9. The predicted molar refractivity (Wildman–Crippen MR) is 84.7 cm³/mol. The summed E-state index contributed by atoms with van der Waals surface area (Å²) in [6.45, 7) is 0.684. The maximum absolute atomic E-state index is 12.1. The normalized spacial score (nSPS) is 15.8. The van der Waals surface area contributed by atoms with E-state index in [0.29, 0.717) is 12.6 Å². The first-order valence-electron chi connectivity index (χ1n) is 7.43. The van der Waals surface area contributed by atoms with Gasteiger partial charge in [-0.3, -0.25) is 5.32 Å². The molecule has 0 aromatic carbocycles. The van der Waals surface area contributed by atoms with Crippen LogP contribution >= 0.6 is 11.3 Å². The van der Waals surface area contributed by atoms with Gasteiger partial charge in [-0.05, 0) is 24.3 Å². The number of hydrogen-bond donors (Lipinski definition) is 2. The number of anilines is 1. The molecule has 2 heterocycles. The minimum Gasteiger partial charge on any atom is -0.335 e. The Morgan fingerprint density at radius 3 is 2.95 bits per heavy atom. The van der Waals surface area contributed by atoms with Crippen LogP contribution in [0, 0.1) is 0 Å². The fourth-order valence-electron chi connectivity index (χ4n) is 2.70. The first-order chi connectivity index (χ1) is 10.3. The summed E-state index contributed by atoms with van der Waals surface area (Å²) in [4.78, 5) is 13.3. The quantitative estimate of drug-likeness (QED) is 0.909. The van der Waals surface area contributed by atoms with Crippen molar-refractivity contribution in [1.29, 1.82) is 0 Å². The van der Waals surface area contributed by atoms with Gasteiger partial charge in [0.2, 0.25) is 0 Å². The molecule has 2 aromatic rings. The molecule has 112 valence electrons. The molecule has 0 spiro atoms. The lowest BCUT2D eigenvalue weighted by Crippen LogP contribution is -2.39. The molecule has 0 unspecified atom stereocenters. The van der Waals surface area contributed by atoms with Gasteiger partial charge in [0.25, 0.3) is 0 Å². The van der Waals surface area contributed by atoms with Gasteiger partial charge in [0.15, 0.2) is 0 Å². The molecule has 3 rings (SSSR count). The molecule has 0 bridgehead atoms. The molecule has 0 atom stereocenters. The van der Waals surface area contributed by atoms with Crippen LogP contribution in [0.3, 0.4) is 0 Å². The van der Waals surface area contributed by atoms with Gasteiger partial charge in [0, 0.05) is 17.0 Å². The number of nitrogens with one attached hydrogen (secondary N) is 2. The molecule has 5 nitrogen and oxygen atoms in total. The van der Waals surface area contributed by atoms with Gasteiger partial charge in [-0.1, -0.05) is 25.3 Å². The minimum atomic E-state index is -0.130. The fourth-order valence-corrected chi connectivity index (χ4v) is 3.39. The molecule has 1 aliphatic carbocycles. The fraction of sp³-hybridized carbons (Fsp3) is 0.467. The Morgan fingerprint density at radius 2 is 2.19 bits per heavy atom. The summed E-state index contributed by atoms with van der Waals surface area (Å²) in [5.41, 5.74) is 0.